The molecule has 0 radical (unpaired) electrons. The zero-order valence-corrected chi connectivity index (χ0v) is 18.0. The molecule has 1 saturated heterocycles. The molecule has 2 nitrogen and oxygen atoms in total. The molecule has 3 fully saturated rings. The molecule has 0 aromatic heterocycles. The van der Waals surface area contributed by atoms with Crippen molar-refractivity contribution < 1.29 is 9.84 Å². The monoisotopic (exact) mass is 450 g/mol. The largest absolute Gasteiger partial charge is 0.391 e. The highest BCUT2D eigenvalue weighted by Gasteiger charge is 2.31. The first-order valence-electron chi connectivity index (χ1n) is 10.6. The first kappa shape index (κ1) is 21.0. The van der Waals surface area contributed by atoms with Crippen molar-refractivity contribution in [2.45, 2.75) is 107 Å². The maximum Gasteiger partial charge on any atom is 0.0774 e. The van der Waals surface area contributed by atoms with E-state index in [2.05, 4.69) is 22.6 Å². The Bertz CT molecular complexity index is 312. The Hall–Kier alpha value is 0.650. The van der Waals surface area contributed by atoms with E-state index in [1.165, 1.54) is 64.2 Å². The molecule has 2 atom stereocenters. The second-order valence-corrected chi connectivity index (χ2v) is 9.84. The number of rotatable bonds is 4. The SMILES string of the molecule is CC.OC1CCC(C2CCC(CCC3CCC(I)CC3)CC2)OC1. The lowest BCUT2D eigenvalue weighted by atomic mass is 9.75. The first-order valence-corrected chi connectivity index (χ1v) is 11.9. The third-order valence-corrected chi connectivity index (χ3v) is 7.71. The van der Waals surface area contributed by atoms with Gasteiger partial charge in [-0.25, -0.2) is 0 Å². The van der Waals surface area contributed by atoms with Crippen LogP contribution in [0.1, 0.15) is 90.9 Å². The third-order valence-electron chi connectivity index (χ3n) is 6.46. The van der Waals surface area contributed by atoms with Gasteiger partial charge in [-0.3, -0.25) is 0 Å². The Morgan fingerprint density at radius 1 is 0.792 bits per heavy atom. The van der Waals surface area contributed by atoms with Gasteiger partial charge in [0.2, 0.25) is 0 Å². The van der Waals surface area contributed by atoms with Gasteiger partial charge in [-0.1, -0.05) is 62.1 Å². The normalized spacial score (nSPS) is 40.5. The predicted molar refractivity (Wildman–Crippen MR) is 111 cm³/mol. The Kier molecular flexibility index (Phi) is 9.94. The minimum atomic E-state index is -0.203. The Morgan fingerprint density at radius 2 is 1.33 bits per heavy atom. The van der Waals surface area contributed by atoms with E-state index in [1.807, 2.05) is 13.8 Å². The van der Waals surface area contributed by atoms with Crippen molar-refractivity contribution in [3.8, 4) is 0 Å². The summed E-state index contributed by atoms with van der Waals surface area (Å²) in [6, 6.07) is 0. The summed E-state index contributed by atoms with van der Waals surface area (Å²) in [5.74, 6) is 2.80. The summed E-state index contributed by atoms with van der Waals surface area (Å²) in [5.41, 5.74) is 0. The van der Waals surface area contributed by atoms with Crippen LogP contribution in [0.15, 0.2) is 0 Å². The number of aliphatic hydroxyl groups excluding tert-OH is 1. The van der Waals surface area contributed by atoms with Crippen molar-refractivity contribution in [2.24, 2.45) is 17.8 Å². The zero-order valence-electron chi connectivity index (χ0n) is 15.9. The van der Waals surface area contributed by atoms with E-state index in [1.54, 1.807) is 0 Å². The standard InChI is InChI=1S/C19H33IO2.C2H6/c20-17-9-5-15(6-10-17)2-1-14-3-7-16(8-4-14)19-12-11-18(21)13-22-19;1-2/h14-19,21H,1-13H2;1-2H3. The molecular weight excluding hydrogens is 411 g/mol. The fourth-order valence-corrected chi connectivity index (χ4v) is 5.58. The summed E-state index contributed by atoms with van der Waals surface area (Å²) in [5, 5.41) is 9.55. The summed E-state index contributed by atoms with van der Waals surface area (Å²) in [6.07, 6.45) is 16.7. The van der Waals surface area contributed by atoms with Crippen molar-refractivity contribution in [3.05, 3.63) is 0 Å². The lowest BCUT2D eigenvalue weighted by Gasteiger charge is -2.37. The lowest BCUT2D eigenvalue weighted by Crippen LogP contribution is -2.36. The molecule has 1 N–H and O–H groups in total. The number of aliphatic hydroxyl groups is 1. The van der Waals surface area contributed by atoms with Crippen LogP contribution < -0.4 is 0 Å². The van der Waals surface area contributed by atoms with Crippen molar-refractivity contribution in [1.29, 1.82) is 0 Å². The van der Waals surface area contributed by atoms with E-state index in [-0.39, 0.29) is 6.10 Å². The zero-order chi connectivity index (χ0) is 17.4. The van der Waals surface area contributed by atoms with Crippen LogP contribution in [0.25, 0.3) is 0 Å². The second kappa shape index (κ2) is 11.4. The van der Waals surface area contributed by atoms with Crippen LogP contribution in [-0.4, -0.2) is 27.8 Å². The molecule has 3 rings (SSSR count). The van der Waals surface area contributed by atoms with Gasteiger partial charge < -0.3 is 9.84 Å². The number of hydrogen-bond donors (Lipinski definition) is 1. The van der Waals surface area contributed by atoms with E-state index < -0.39 is 0 Å². The first-order chi connectivity index (χ1) is 11.7. The molecule has 2 unspecified atom stereocenters. The van der Waals surface area contributed by atoms with Crippen LogP contribution in [0, 0.1) is 17.8 Å². The minimum Gasteiger partial charge on any atom is -0.391 e. The average Bonchev–Trinajstić information content (AvgIpc) is 2.64. The molecule has 0 amide bonds. The minimum absolute atomic E-state index is 0.203. The molecule has 1 heterocycles. The van der Waals surface area contributed by atoms with Gasteiger partial charge in [0.25, 0.3) is 0 Å². The number of halogens is 1. The summed E-state index contributed by atoms with van der Waals surface area (Å²) in [6.45, 7) is 4.57. The van der Waals surface area contributed by atoms with E-state index in [9.17, 15) is 5.11 Å². The van der Waals surface area contributed by atoms with Crippen molar-refractivity contribution >= 4 is 22.6 Å². The molecule has 0 bridgehead atoms. The smallest absolute Gasteiger partial charge is 0.0774 e. The molecular formula is C21H39IO2. The number of hydrogen-bond acceptors (Lipinski definition) is 2. The number of ether oxygens (including phenoxy) is 1. The summed E-state index contributed by atoms with van der Waals surface area (Å²) < 4.78 is 6.84. The van der Waals surface area contributed by atoms with Crippen LogP contribution >= 0.6 is 22.6 Å². The van der Waals surface area contributed by atoms with E-state index >= 15 is 0 Å². The molecule has 3 heteroatoms. The molecule has 0 aromatic carbocycles. The van der Waals surface area contributed by atoms with Crippen molar-refractivity contribution in [2.75, 3.05) is 6.61 Å². The van der Waals surface area contributed by atoms with Gasteiger partial charge in [-0.2, -0.15) is 0 Å². The molecule has 3 aliphatic rings. The quantitative estimate of drug-likeness (QED) is 0.412. The van der Waals surface area contributed by atoms with Gasteiger partial charge in [-0.15, -0.1) is 0 Å². The van der Waals surface area contributed by atoms with Crippen LogP contribution in [0.2, 0.25) is 0 Å². The lowest BCUT2D eigenvalue weighted by molar-refractivity contribution is -0.0859. The average molecular weight is 450 g/mol. The van der Waals surface area contributed by atoms with E-state index in [0.29, 0.717) is 12.7 Å². The molecule has 0 spiro atoms. The van der Waals surface area contributed by atoms with Gasteiger partial charge in [0.1, 0.15) is 0 Å². The molecule has 142 valence electrons. The van der Waals surface area contributed by atoms with Crippen molar-refractivity contribution in [3.63, 3.8) is 0 Å². The van der Waals surface area contributed by atoms with E-state index in [0.717, 1.165) is 34.5 Å². The molecule has 2 aliphatic carbocycles. The second-order valence-electron chi connectivity index (χ2n) is 8.08. The van der Waals surface area contributed by atoms with Crippen LogP contribution in [-0.2, 0) is 4.74 Å². The van der Waals surface area contributed by atoms with Gasteiger partial charge >= 0.3 is 0 Å². The van der Waals surface area contributed by atoms with Gasteiger partial charge in [0, 0.05) is 3.92 Å². The molecule has 2 saturated carbocycles. The van der Waals surface area contributed by atoms with Crippen LogP contribution in [0.5, 0.6) is 0 Å². The summed E-state index contributed by atoms with van der Waals surface area (Å²) in [4.78, 5) is 0. The van der Waals surface area contributed by atoms with Crippen LogP contribution in [0.3, 0.4) is 0 Å². The maximum atomic E-state index is 9.55. The molecule has 0 aromatic rings. The summed E-state index contributed by atoms with van der Waals surface area (Å²) in [7, 11) is 0. The Morgan fingerprint density at radius 3 is 1.83 bits per heavy atom. The number of alkyl halides is 1. The molecule has 1 aliphatic heterocycles. The van der Waals surface area contributed by atoms with Gasteiger partial charge in [-0.05, 0) is 69.1 Å². The highest BCUT2D eigenvalue weighted by atomic mass is 127. The van der Waals surface area contributed by atoms with Crippen molar-refractivity contribution in [1.82, 2.24) is 0 Å². The van der Waals surface area contributed by atoms with Gasteiger partial charge in [0.15, 0.2) is 0 Å². The van der Waals surface area contributed by atoms with Gasteiger partial charge in [0.05, 0.1) is 18.8 Å². The topological polar surface area (TPSA) is 29.5 Å². The highest BCUT2D eigenvalue weighted by Crippen LogP contribution is 2.39. The van der Waals surface area contributed by atoms with Crippen LogP contribution in [0.4, 0.5) is 0 Å². The maximum absolute atomic E-state index is 9.55. The molecule has 24 heavy (non-hydrogen) atoms. The Labute approximate surface area is 163 Å². The third kappa shape index (κ3) is 6.75. The fraction of sp³-hybridized carbons (Fsp3) is 1.00. The highest BCUT2D eigenvalue weighted by molar-refractivity contribution is 14.1. The summed E-state index contributed by atoms with van der Waals surface area (Å²) >= 11 is 2.64. The predicted octanol–water partition coefficient (Wildman–Crippen LogP) is 6.13. The fourth-order valence-electron chi connectivity index (χ4n) is 4.86. The Balaban J connectivity index is 0.00000100. The van der Waals surface area contributed by atoms with E-state index in [4.69, 9.17) is 4.74 Å².